The molecule has 1 aromatic carbocycles. The van der Waals surface area contributed by atoms with E-state index in [1.54, 1.807) is 6.07 Å². The average Bonchev–Trinajstić information content (AvgIpc) is 2.33. The van der Waals surface area contributed by atoms with Gasteiger partial charge in [0.05, 0.1) is 0 Å². The molecular formula is C17H26FN. The molecule has 19 heavy (non-hydrogen) atoms. The lowest BCUT2D eigenvalue weighted by molar-refractivity contribution is 0.556. The van der Waals surface area contributed by atoms with Crippen LogP contribution in [0, 0.1) is 18.7 Å². The van der Waals surface area contributed by atoms with Crippen LogP contribution in [0.2, 0.25) is 0 Å². The molecule has 1 N–H and O–H groups in total. The van der Waals surface area contributed by atoms with Crippen molar-refractivity contribution in [2.75, 3.05) is 13.1 Å². The summed E-state index contributed by atoms with van der Waals surface area (Å²) in [4.78, 5) is 0. The first-order valence-electron chi connectivity index (χ1n) is 7.10. The van der Waals surface area contributed by atoms with E-state index in [-0.39, 0.29) is 5.82 Å². The molecular weight excluding hydrogens is 237 g/mol. The molecule has 106 valence electrons. The van der Waals surface area contributed by atoms with E-state index in [1.165, 1.54) is 11.6 Å². The maximum absolute atomic E-state index is 13.2. The van der Waals surface area contributed by atoms with Crippen molar-refractivity contribution in [2.45, 2.75) is 40.5 Å². The summed E-state index contributed by atoms with van der Waals surface area (Å²) in [7, 11) is 0. The van der Waals surface area contributed by atoms with Crippen molar-refractivity contribution in [2.24, 2.45) is 5.92 Å². The van der Waals surface area contributed by atoms with Crippen LogP contribution in [-0.4, -0.2) is 13.1 Å². The zero-order chi connectivity index (χ0) is 14.3. The summed E-state index contributed by atoms with van der Waals surface area (Å²) in [6, 6.07) is 5.01. The molecule has 0 saturated carbocycles. The lowest BCUT2D eigenvalue weighted by Gasteiger charge is -2.08. The largest absolute Gasteiger partial charge is 0.316 e. The van der Waals surface area contributed by atoms with Gasteiger partial charge in [-0.25, -0.2) is 4.39 Å². The fraction of sp³-hybridized carbons (Fsp3) is 0.529. The highest BCUT2D eigenvalue weighted by atomic mass is 19.1. The van der Waals surface area contributed by atoms with E-state index in [9.17, 15) is 4.39 Å². The lowest BCUT2D eigenvalue weighted by atomic mass is 10.0. The summed E-state index contributed by atoms with van der Waals surface area (Å²) in [6.07, 6.45) is 4.12. The van der Waals surface area contributed by atoms with Gasteiger partial charge in [-0.3, -0.25) is 0 Å². The number of rotatable bonds is 7. The minimum Gasteiger partial charge on any atom is -0.316 e. The molecule has 0 atom stereocenters. The fourth-order valence-corrected chi connectivity index (χ4v) is 2.01. The Morgan fingerprint density at radius 1 is 1.37 bits per heavy atom. The molecule has 2 heteroatoms. The van der Waals surface area contributed by atoms with Crippen molar-refractivity contribution in [1.82, 2.24) is 5.32 Å². The molecule has 0 aliphatic rings. The second kappa shape index (κ2) is 8.11. The third-order valence-electron chi connectivity index (χ3n) is 3.15. The molecule has 1 aromatic rings. The third-order valence-corrected chi connectivity index (χ3v) is 3.15. The van der Waals surface area contributed by atoms with Crippen LogP contribution >= 0.6 is 0 Å². The Bertz CT molecular complexity index is 421. The molecule has 0 aliphatic carbocycles. The predicted octanol–water partition coefficient (Wildman–Crippen LogP) is 4.26. The van der Waals surface area contributed by atoms with Crippen LogP contribution in [0.25, 0.3) is 0 Å². The van der Waals surface area contributed by atoms with Crippen LogP contribution in [0.15, 0.2) is 29.8 Å². The SMILES string of the molecule is C/C(=C/CCNCC(C)C)Cc1cc(F)ccc1C. The van der Waals surface area contributed by atoms with E-state index in [4.69, 9.17) is 0 Å². The zero-order valence-electron chi connectivity index (χ0n) is 12.6. The maximum atomic E-state index is 13.2. The number of halogens is 1. The number of hydrogen-bond acceptors (Lipinski definition) is 1. The molecule has 0 unspecified atom stereocenters. The standard InChI is InChI=1S/C17H26FN/c1-13(2)12-19-9-5-6-14(3)10-16-11-17(18)8-7-15(16)4/h6-8,11,13,19H,5,9-10,12H2,1-4H3/b14-6-. The van der Waals surface area contributed by atoms with Gasteiger partial charge in [-0.2, -0.15) is 0 Å². The van der Waals surface area contributed by atoms with Crippen molar-refractivity contribution in [1.29, 1.82) is 0 Å². The van der Waals surface area contributed by atoms with E-state index < -0.39 is 0 Å². The number of allylic oxidation sites excluding steroid dienone is 1. The van der Waals surface area contributed by atoms with Gasteiger partial charge in [0.2, 0.25) is 0 Å². The summed E-state index contributed by atoms with van der Waals surface area (Å²) in [6.45, 7) is 10.6. The maximum Gasteiger partial charge on any atom is 0.123 e. The molecule has 0 aromatic heterocycles. The molecule has 1 rings (SSSR count). The number of nitrogens with one attached hydrogen (secondary N) is 1. The second-order valence-electron chi connectivity index (χ2n) is 5.68. The highest BCUT2D eigenvalue weighted by Gasteiger charge is 2.01. The number of hydrogen-bond donors (Lipinski definition) is 1. The fourth-order valence-electron chi connectivity index (χ4n) is 2.01. The van der Waals surface area contributed by atoms with Crippen LogP contribution in [0.3, 0.4) is 0 Å². The van der Waals surface area contributed by atoms with Gasteiger partial charge >= 0.3 is 0 Å². The Hall–Kier alpha value is -1.15. The Labute approximate surface area is 116 Å². The summed E-state index contributed by atoms with van der Waals surface area (Å²) in [5, 5.41) is 3.42. The highest BCUT2D eigenvalue weighted by Crippen LogP contribution is 2.14. The van der Waals surface area contributed by atoms with Crippen molar-refractivity contribution in [3.8, 4) is 0 Å². The molecule has 0 spiro atoms. The molecule has 0 amide bonds. The molecule has 0 bridgehead atoms. The van der Waals surface area contributed by atoms with Gasteiger partial charge in [0.25, 0.3) is 0 Å². The van der Waals surface area contributed by atoms with Gasteiger partial charge in [-0.05, 0) is 69.0 Å². The van der Waals surface area contributed by atoms with Crippen molar-refractivity contribution in [3.63, 3.8) is 0 Å². The first-order chi connectivity index (χ1) is 8.99. The van der Waals surface area contributed by atoms with Gasteiger partial charge in [-0.15, -0.1) is 0 Å². The van der Waals surface area contributed by atoms with Crippen LogP contribution in [0.4, 0.5) is 4.39 Å². The predicted molar refractivity (Wildman–Crippen MR) is 80.9 cm³/mol. The zero-order valence-corrected chi connectivity index (χ0v) is 12.6. The van der Waals surface area contributed by atoms with E-state index in [0.717, 1.165) is 37.1 Å². The van der Waals surface area contributed by atoms with Gasteiger partial charge in [0, 0.05) is 0 Å². The van der Waals surface area contributed by atoms with Gasteiger partial charge < -0.3 is 5.32 Å². The molecule has 1 nitrogen and oxygen atoms in total. The smallest absolute Gasteiger partial charge is 0.123 e. The minimum atomic E-state index is -0.146. The van der Waals surface area contributed by atoms with Crippen LogP contribution < -0.4 is 5.32 Å². The number of benzene rings is 1. The quantitative estimate of drug-likeness (QED) is 0.572. The average molecular weight is 263 g/mol. The Morgan fingerprint density at radius 3 is 2.79 bits per heavy atom. The van der Waals surface area contributed by atoms with E-state index in [0.29, 0.717) is 5.92 Å². The molecule has 0 radical (unpaired) electrons. The molecule has 0 fully saturated rings. The van der Waals surface area contributed by atoms with E-state index in [2.05, 4.69) is 32.2 Å². The Morgan fingerprint density at radius 2 is 2.11 bits per heavy atom. The first kappa shape index (κ1) is 15.9. The van der Waals surface area contributed by atoms with Gasteiger partial charge in [0.1, 0.15) is 5.82 Å². The topological polar surface area (TPSA) is 12.0 Å². The van der Waals surface area contributed by atoms with Gasteiger partial charge in [-0.1, -0.05) is 31.6 Å². The summed E-state index contributed by atoms with van der Waals surface area (Å²) >= 11 is 0. The van der Waals surface area contributed by atoms with Gasteiger partial charge in [0.15, 0.2) is 0 Å². The first-order valence-corrected chi connectivity index (χ1v) is 7.10. The summed E-state index contributed by atoms with van der Waals surface area (Å²) < 4.78 is 13.2. The minimum absolute atomic E-state index is 0.146. The molecule has 0 saturated heterocycles. The van der Waals surface area contributed by atoms with Crippen LogP contribution in [-0.2, 0) is 6.42 Å². The molecule has 0 aliphatic heterocycles. The third kappa shape index (κ3) is 6.53. The van der Waals surface area contributed by atoms with Crippen LogP contribution in [0.1, 0.15) is 38.3 Å². The molecule has 0 heterocycles. The lowest BCUT2D eigenvalue weighted by Crippen LogP contribution is -2.20. The van der Waals surface area contributed by atoms with E-state index >= 15 is 0 Å². The summed E-state index contributed by atoms with van der Waals surface area (Å²) in [5.41, 5.74) is 3.55. The second-order valence-corrected chi connectivity index (χ2v) is 5.68. The monoisotopic (exact) mass is 263 g/mol. The van der Waals surface area contributed by atoms with Crippen molar-refractivity contribution in [3.05, 3.63) is 46.8 Å². The van der Waals surface area contributed by atoms with E-state index in [1.807, 2.05) is 13.0 Å². The summed E-state index contributed by atoms with van der Waals surface area (Å²) in [5.74, 6) is 0.548. The Balaban J connectivity index is 2.41. The Kier molecular flexibility index (Phi) is 6.79. The number of aryl methyl sites for hydroxylation is 1. The highest BCUT2D eigenvalue weighted by molar-refractivity contribution is 5.30. The van der Waals surface area contributed by atoms with Crippen molar-refractivity contribution >= 4 is 0 Å². The normalized spacial score (nSPS) is 12.2. The van der Waals surface area contributed by atoms with Crippen LogP contribution in [0.5, 0.6) is 0 Å². The van der Waals surface area contributed by atoms with Crippen molar-refractivity contribution < 1.29 is 4.39 Å².